The second-order valence-corrected chi connectivity index (χ2v) is 8.77. The lowest BCUT2D eigenvalue weighted by atomic mass is 10.2. The molecule has 0 radical (unpaired) electrons. The molecule has 1 unspecified atom stereocenters. The van der Waals surface area contributed by atoms with Gasteiger partial charge in [0, 0.05) is 12.2 Å². The highest BCUT2D eigenvalue weighted by Gasteiger charge is 2.28. The summed E-state index contributed by atoms with van der Waals surface area (Å²) in [4.78, 5) is 8.64. The number of rotatable bonds is 6. The minimum atomic E-state index is -2.96. The Balaban J connectivity index is 1.49. The number of nitrogens with one attached hydrogen (secondary N) is 2. The molecule has 1 aromatic heterocycles. The van der Waals surface area contributed by atoms with Crippen molar-refractivity contribution in [1.29, 1.82) is 0 Å². The van der Waals surface area contributed by atoms with Gasteiger partial charge in [-0.25, -0.2) is 13.4 Å². The van der Waals surface area contributed by atoms with Crippen LogP contribution in [0.2, 0.25) is 0 Å². The van der Waals surface area contributed by atoms with Crippen molar-refractivity contribution in [3.05, 3.63) is 66.9 Å². The van der Waals surface area contributed by atoms with Crippen LogP contribution in [-0.4, -0.2) is 35.9 Å². The van der Waals surface area contributed by atoms with E-state index < -0.39 is 9.84 Å². The number of anilines is 3. The molecule has 144 valence electrons. The summed E-state index contributed by atoms with van der Waals surface area (Å²) in [5.74, 6) is 2.71. The molecule has 1 saturated heterocycles. The van der Waals surface area contributed by atoms with Crippen LogP contribution in [0.25, 0.3) is 0 Å². The first kappa shape index (κ1) is 18.2. The van der Waals surface area contributed by atoms with Crippen LogP contribution in [0.15, 0.2) is 66.9 Å². The summed E-state index contributed by atoms with van der Waals surface area (Å²) in [7, 11) is -2.96. The third-order valence-electron chi connectivity index (χ3n) is 4.34. The fourth-order valence-electron chi connectivity index (χ4n) is 3.00. The highest BCUT2D eigenvalue weighted by molar-refractivity contribution is 7.91. The highest BCUT2D eigenvalue weighted by Crippen LogP contribution is 2.31. The summed E-state index contributed by atoms with van der Waals surface area (Å²) < 4.78 is 29.2. The number of aromatic nitrogens is 2. The Kier molecular flexibility index (Phi) is 5.12. The number of ether oxygens (including phenoxy) is 1. The van der Waals surface area contributed by atoms with Gasteiger partial charge in [-0.05, 0) is 36.8 Å². The predicted octanol–water partition coefficient (Wildman–Crippen LogP) is 3.61. The monoisotopic (exact) mass is 396 g/mol. The van der Waals surface area contributed by atoms with E-state index in [0.29, 0.717) is 23.9 Å². The molecule has 1 atom stereocenters. The van der Waals surface area contributed by atoms with E-state index >= 15 is 0 Å². The Morgan fingerprint density at radius 3 is 2.57 bits per heavy atom. The Hall–Kier alpha value is -3.13. The number of benzene rings is 2. The summed E-state index contributed by atoms with van der Waals surface area (Å²) in [6.45, 7) is 0. The fraction of sp³-hybridized carbons (Fsp3) is 0.200. The van der Waals surface area contributed by atoms with Gasteiger partial charge in [0.25, 0.3) is 0 Å². The Bertz CT molecular complexity index is 1060. The fourth-order valence-corrected chi connectivity index (χ4v) is 4.68. The SMILES string of the molecule is O=S1(=O)CCC(Nc2nccc(Nc3ccccc3Oc3ccccc3)n2)C1. The molecule has 0 aliphatic carbocycles. The standard InChI is InChI=1S/C20H20N4O3S/c25-28(26)13-11-15(14-28)22-20-21-12-10-19(24-20)23-17-8-4-5-9-18(17)27-16-6-2-1-3-7-16/h1-10,12,15H,11,13-14H2,(H2,21,22,23,24). The maximum atomic E-state index is 11.6. The molecule has 0 bridgehead atoms. The van der Waals surface area contributed by atoms with Gasteiger partial charge >= 0.3 is 0 Å². The predicted molar refractivity (Wildman–Crippen MR) is 109 cm³/mol. The van der Waals surface area contributed by atoms with Gasteiger partial charge in [-0.15, -0.1) is 0 Å². The number of para-hydroxylation sites is 3. The van der Waals surface area contributed by atoms with Crippen molar-refractivity contribution >= 4 is 27.3 Å². The first-order valence-electron chi connectivity index (χ1n) is 8.96. The first-order valence-corrected chi connectivity index (χ1v) is 10.8. The summed E-state index contributed by atoms with van der Waals surface area (Å²) in [6, 6.07) is 18.7. The molecule has 3 aromatic rings. The molecule has 8 heteroatoms. The van der Waals surface area contributed by atoms with Gasteiger partial charge in [-0.1, -0.05) is 30.3 Å². The molecule has 4 rings (SSSR count). The summed E-state index contributed by atoms with van der Waals surface area (Å²) in [5, 5.41) is 6.34. The van der Waals surface area contributed by atoms with Gasteiger partial charge in [-0.3, -0.25) is 0 Å². The zero-order valence-electron chi connectivity index (χ0n) is 15.1. The number of sulfone groups is 1. The van der Waals surface area contributed by atoms with Crippen LogP contribution >= 0.6 is 0 Å². The van der Waals surface area contributed by atoms with Crippen LogP contribution < -0.4 is 15.4 Å². The third-order valence-corrected chi connectivity index (χ3v) is 6.11. The van der Waals surface area contributed by atoms with Gasteiger partial charge < -0.3 is 15.4 Å². The van der Waals surface area contributed by atoms with Crippen molar-refractivity contribution in [3.8, 4) is 11.5 Å². The van der Waals surface area contributed by atoms with E-state index in [9.17, 15) is 8.42 Å². The van der Waals surface area contributed by atoms with E-state index in [1.54, 1.807) is 12.3 Å². The van der Waals surface area contributed by atoms with E-state index in [4.69, 9.17) is 4.74 Å². The molecule has 1 aliphatic rings. The van der Waals surface area contributed by atoms with Crippen LogP contribution in [0.4, 0.5) is 17.5 Å². The zero-order valence-corrected chi connectivity index (χ0v) is 15.9. The summed E-state index contributed by atoms with van der Waals surface area (Å²) >= 11 is 0. The van der Waals surface area contributed by atoms with Crippen LogP contribution in [0.5, 0.6) is 11.5 Å². The van der Waals surface area contributed by atoms with Crippen LogP contribution in [-0.2, 0) is 9.84 Å². The molecule has 2 aromatic carbocycles. The number of hydrogen-bond acceptors (Lipinski definition) is 7. The van der Waals surface area contributed by atoms with Gasteiger partial charge in [0.1, 0.15) is 11.6 Å². The quantitative estimate of drug-likeness (QED) is 0.657. The maximum absolute atomic E-state index is 11.6. The Labute approximate surface area is 163 Å². The lowest BCUT2D eigenvalue weighted by Crippen LogP contribution is -2.22. The highest BCUT2D eigenvalue weighted by atomic mass is 32.2. The smallest absolute Gasteiger partial charge is 0.224 e. The normalized spacial score (nSPS) is 17.8. The molecular weight excluding hydrogens is 376 g/mol. The molecule has 28 heavy (non-hydrogen) atoms. The molecule has 0 amide bonds. The van der Waals surface area contributed by atoms with Crippen molar-refractivity contribution in [2.45, 2.75) is 12.5 Å². The maximum Gasteiger partial charge on any atom is 0.224 e. The van der Waals surface area contributed by atoms with E-state index in [1.807, 2.05) is 54.6 Å². The molecule has 2 heterocycles. The lowest BCUT2D eigenvalue weighted by Gasteiger charge is -2.14. The summed E-state index contributed by atoms with van der Waals surface area (Å²) in [5.41, 5.74) is 0.763. The minimum Gasteiger partial charge on any atom is -0.455 e. The van der Waals surface area contributed by atoms with Crippen molar-refractivity contribution in [2.75, 3.05) is 22.1 Å². The van der Waals surface area contributed by atoms with Gasteiger partial charge in [0.2, 0.25) is 5.95 Å². The van der Waals surface area contributed by atoms with E-state index in [1.165, 1.54) is 0 Å². The molecule has 1 aliphatic heterocycles. The number of hydrogen-bond donors (Lipinski definition) is 2. The van der Waals surface area contributed by atoms with E-state index in [-0.39, 0.29) is 17.5 Å². The van der Waals surface area contributed by atoms with Crippen LogP contribution in [0.3, 0.4) is 0 Å². The first-order chi connectivity index (χ1) is 13.6. The number of nitrogens with zero attached hydrogens (tertiary/aromatic N) is 2. The molecule has 1 fully saturated rings. The minimum absolute atomic E-state index is 0.113. The topological polar surface area (TPSA) is 93.2 Å². The third kappa shape index (κ3) is 4.58. The second kappa shape index (κ2) is 7.85. The van der Waals surface area contributed by atoms with Crippen LogP contribution in [0, 0.1) is 0 Å². The van der Waals surface area contributed by atoms with E-state index in [0.717, 1.165) is 11.4 Å². The van der Waals surface area contributed by atoms with Crippen molar-refractivity contribution in [3.63, 3.8) is 0 Å². The van der Waals surface area contributed by atoms with Crippen molar-refractivity contribution in [2.24, 2.45) is 0 Å². The average Bonchev–Trinajstić information content (AvgIpc) is 3.03. The van der Waals surface area contributed by atoms with Gasteiger partial charge in [0.05, 0.1) is 17.2 Å². The second-order valence-electron chi connectivity index (χ2n) is 6.55. The molecule has 2 N–H and O–H groups in total. The van der Waals surface area contributed by atoms with Crippen molar-refractivity contribution in [1.82, 2.24) is 9.97 Å². The molecule has 7 nitrogen and oxygen atoms in total. The zero-order chi connectivity index (χ0) is 19.4. The Morgan fingerprint density at radius 1 is 1.00 bits per heavy atom. The van der Waals surface area contributed by atoms with Crippen LogP contribution in [0.1, 0.15) is 6.42 Å². The van der Waals surface area contributed by atoms with Gasteiger partial charge in [0.15, 0.2) is 15.6 Å². The Morgan fingerprint density at radius 2 is 1.79 bits per heavy atom. The largest absolute Gasteiger partial charge is 0.455 e. The molecule has 0 saturated carbocycles. The van der Waals surface area contributed by atoms with E-state index in [2.05, 4.69) is 20.6 Å². The lowest BCUT2D eigenvalue weighted by molar-refractivity contribution is 0.485. The molecule has 0 spiro atoms. The average molecular weight is 396 g/mol. The van der Waals surface area contributed by atoms with Crippen molar-refractivity contribution < 1.29 is 13.2 Å². The summed E-state index contributed by atoms with van der Waals surface area (Å²) in [6.07, 6.45) is 2.19. The van der Waals surface area contributed by atoms with Gasteiger partial charge in [-0.2, -0.15) is 4.98 Å². The molecular formula is C20H20N4O3S.